The molecule has 0 fully saturated rings. The van der Waals surface area contributed by atoms with Crippen LogP contribution >= 0.6 is 0 Å². The van der Waals surface area contributed by atoms with E-state index in [0.29, 0.717) is 0 Å². The largest absolute Gasteiger partial charge is 0.495 e. The molecule has 0 saturated heterocycles. The van der Waals surface area contributed by atoms with E-state index in [0.717, 1.165) is 6.92 Å². The van der Waals surface area contributed by atoms with Gasteiger partial charge in [-0.25, -0.2) is 19.4 Å². The first kappa shape index (κ1) is 9.73. The number of carbonyl (C=O) groups excluding carboxylic acids is 2. The molecular formula is C4H3F3O4. The molecule has 0 N–H and O–H groups in total. The maximum absolute atomic E-state index is 11.2. The van der Waals surface area contributed by atoms with Crippen molar-refractivity contribution >= 4 is 11.9 Å². The fourth-order valence-electron chi connectivity index (χ4n) is 0.144. The van der Waals surface area contributed by atoms with E-state index in [1.165, 1.54) is 0 Å². The van der Waals surface area contributed by atoms with Gasteiger partial charge in [-0.2, -0.15) is 13.2 Å². The minimum atomic E-state index is -5.14. The molecule has 0 amide bonds. The summed E-state index contributed by atoms with van der Waals surface area (Å²) < 4.78 is 33.7. The van der Waals surface area contributed by atoms with Crippen molar-refractivity contribution in [2.24, 2.45) is 0 Å². The van der Waals surface area contributed by atoms with Gasteiger partial charge in [0.1, 0.15) is 0 Å². The third kappa shape index (κ3) is 4.18. The van der Waals surface area contributed by atoms with Gasteiger partial charge in [0.15, 0.2) is 0 Å². The van der Waals surface area contributed by atoms with E-state index < -0.39 is 18.1 Å². The Hall–Kier alpha value is -1.27. The Morgan fingerprint density at radius 2 is 1.64 bits per heavy atom. The van der Waals surface area contributed by atoms with Crippen LogP contribution in [0.3, 0.4) is 0 Å². The quantitative estimate of drug-likeness (QED) is 0.396. The number of rotatable bonds is 0. The number of halogens is 3. The van der Waals surface area contributed by atoms with Crippen molar-refractivity contribution in [1.82, 2.24) is 0 Å². The van der Waals surface area contributed by atoms with E-state index in [1.54, 1.807) is 0 Å². The molecule has 7 heteroatoms. The lowest BCUT2D eigenvalue weighted by molar-refractivity contribution is -0.284. The molecule has 0 aromatic rings. The first-order valence-corrected chi connectivity index (χ1v) is 2.30. The van der Waals surface area contributed by atoms with Gasteiger partial charge in [-0.15, -0.1) is 0 Å². The molecule has 0 aliphatic carbocycles. The van der Waals surface area contributed by atoms with Crippen molar-refractivity contribution in [2.75, 3.05) is 0 Å². The molecule has 0 spiro atoms. The lowest BCUT2D eigenvalue weighted by Gasteiger charge is -2.02. The van der Waals surface area contributed by atoms with Gasteiger partial charge in [-0.1, -0.05) is 0 Å². The third-order valence-corrected chi connectivity index (χ3v) is 0.466. The molecule has 0 atom stereocenters. The molecular weight excluding hydrogens is 169 g/mol. The number of hydrogen-bond donors (Lipinski definition) is 0. The monoisotopic (exact) mass is 172 g/mol. The summed E-state index contributed by atoms with van der Waals surface area (Å²) in [4.78, 5) is 25.9. The number of alkyl halides is 3. The zero-order valence-corrected chi connectivity index (χ0v) is 5.27. The van der Waals surface area contributed by atoms with Crippen molar-refractivity contribution in [3.63, 3.8) is 0 Å². The van der Waals surface area contributed by atoms with Crippen molar-refractivity contribution in [3.05, 3.63) is 0 Å². The number of carbonyl (C=O) groups is 2. The molecule has 0 aliphatic heterocycles. The van der Waals surface area contributed by atoms with Crippen LogP contribution in [0.5, 0.6) is 0 Å². The van der Waals surface area contributed by atoms with Crippen LogP contribution in [0, 0.1) is 0 Å². The second-order valence-corrected chi connectivity index (χ2v) is 1.44. The second-order valence-electron chi connectivity index (χ2n) is 1.44. The zero-order chi connectivity index (χ0) is 9.07. The molecule has 11 heavy (non-hydrogen) atoms. The Bertz CT molecular complexity index is 173. The minimum Gasteiger partial charge on any atom is -0.248 e. The lowest BCUT2D eigenvalue weighted by atomic mass is 10.7. The van der Waals surface area contributed by atoms with E-state index in [1.807, 2.05) is 0 Å². The Morgan fingerprint density at radius 3 is 1.91 bits per heavy atom. The van der Waals surface area contributed by atoms with E-state index >= 15 is 0 Å². The fourth-order valence-corrected chi connectivity index (χ4v) is 0.144. The van der Waals surface area contributed by atoms with E-state index in [2.05, 4.69) is 9.78 Å². The fraction of sp³-hybridized carbons (Fsp3) is 0.500. The molecule has 0 unspecified atom stereocenters. The van der Waals surface area contributed by atoms with Gasteiger partial charge in [-0.05, 0) is 0 Å². The van der Waals surface area contributed by atoms with Crippen LogP contribution in [0.25, 0.3) is 0 Å². The van der Waals surface area contributed by atoms with E-state index in [9.17, 15) is 22.8 Å². The van der Waals surface area contributed by atoms with Crippen LogP contribution in [-0.4, -0.2) is 18.1 Å². The lowest BCUT2D eigenvalue weighted by Crippen LogP contribution is -2.26. The van der Waals surface area contributed by atoms with Crippen molar-refractivity contribution < 1.29 is 32.5 Å². The summed E-state index contributed by atoms with van der Waals surface area (Å²) in [5, 5.41) is 0. The Balaban J connectivity index is 3.80. The molecule has 0 aromatic heterocycles. The van der Waals surface area contributed by atoms with Gasteiger partial charge in [-0.3, -0.25) is 0 Å². The number of hydrogen-bond acceptors (Lipinski definition) is 4. The summed E-state index contributed by atoms with van der Waals surface area (Å²) in [5.74, 6) is -3.70. The third-order valence-electron chi connectivity index (χ3n) is 0.466. The minimum absolute atomic E-state index is 0.795. The van der Waals surface area contributed by atoms with Gasteiger partial charge in [0, 0.05) is 6.92 Å². The highest BCUT2D eigenvalue weighted by molar-refractivity contribution is 5.76. The Labute approximate surface area is 58.8 Å². The molecule has 0 heterocycles. The summed E-state index contributed by atoms with van der Waals surface area (Å²) in [6, 6.07) is 0. The van der Waals surface area contributed by atoms with Gasteiger partial charge in [0.25, 0.3) is 0 Å². The molecule has 64 valence electrons. The van der Waals surface area contributed by atoms with Gasteiger partial charge >= 0.3 is 18.1 Å². The molecule has 0 rings (SSSR count). The SMILES string of the molecule is CC(=O)OOC(=O)C(F)(F)F. The van der Waals surface area contributed by atoms with Crippen LogP contribution in [0.2, 0.25) is 0 Å². The first-order chi connectivity index (χ1) is 4.84. The molecule has 0 saturated carbocycles. The predicted octanol–water partition coefficient (Wildman–Crippen LogP) is 0.570. The molecule has 4 nitrogen and oxygen atoms in total. The van der Waals surface area contributed by atoms with Gasteiger partial charge < -0.3 is 0 Å². The van der Waals surface area contributed by atoms with Crippen molar-refractivity contribution in [2.45, 2.75) is 13.1 Å². The van der Waals surface area contributed by atoms with Crippen LogP contribution in [0.1, 0.15) is 6.92 Å². The highest BCUT2D eigenvalue weighted by Gasteiger charge is 2.42. The Kier molecular flexibility index (Phi) is 2.85. The van der Waals surface area contributed by atoms with Crippen LogP contribution in [0.4, 0.5) is 13.2 Å². The predicted molar refractivity (Wildman–Crippen MR) is 23.9 cm³/mol. The summed E-state index contributed by atoms with van der Waals surface area (Å²) in [7, 11) is 0. The standard InChI is InChI=1S/C4H3F3O4/c1-2(8)10-11-3(9)4(5,6)7/h1H3. The smallest absolute Gasteiger partial charge is 0.248 e. The second kappa shape index (κ2) is 3.22. The summed E-state index contributed by atoms with van der Waals surface area (Å²) in [6.45, 7) is 0.795. The van der Waals surface area contributed by atoms with Gasteiger partial charge in [0.2, 0.25) is 0 Å². The van der Waals surface area contributed by atoms with Gasteiger partial charge in [0.05, 0.1) is 0 Å². The van der Waals surface area contributed by atoms with Crippen LogP contribution in [-0.2, 0) is 19.4 Å². The van der Waals surface area contributed by atoms with E-state index in [4.69, 9.17) is 0 Å². The summed E-state index contributed by atoms with van der Waals surface area (Å²) in [6.07, 6.45) is -5.14. The van der Waals surface area contributed by atoms with Crippen LogP contribution in [0.15, 0.2) is 0 Å². The summed E-state index contributed by atoms with van der Waals surface area (Å²) >= 11 is 0. The molecule has 0 aromatic carbocycles. The summed E-state index contributed by atoms with van der Waals surface area (Å²) in [5.41, 5.74) is 0. The average molecular weight is 172 g/mol. The molecule has 0 aliphatic rings. The Morgan fingerprint density at radius 1 is 1.18 bits per heavy atom. The average Bonchev–Trinajstić information content (AvgIpc) is 1.80. The highest BCUT2D eigenvalue weighted by atomic mass is 19.4. The topological polar surface area (TPSA) is 52.6 Å². The maximum Gasteiger partial charge on any atom is 0.495 e. The highest BCUT2D eigenvalue weighted by Crippen LogP contribution is 2.16. The normalized spacial score (nSPS) is 10.5. The van der Waals surface area contributed by atoms with Crippen molar-refractivity contribution in [1.29, 1.82) is 0 Å². The zero-order valence-electron chi connectivity index (χ0n) is 5.27. The van der Waals surface area contributed by atoms with Crippen molar-refractivity contribution in [3.8, 4) is 0 Å². The molecule has 0 bridgehead atoms. The van der Waals surface area contributed by atoms with E-state index in [-0.39, 0.29) is 0 Å². The molecule has 0 radical (unpaired) electrons. The maximum atomic E-state index is 11.2. The first-order valence-electron chi connectivity index (χ1n) is 2.30. The van der Waals surface area contributed by atoms with Crippen LogP contribution < -0.4 is 0 Å².